The molecule has 0 unspecified atom stereocenters. The summed E-state index contributed by atoms with van der Waals surface area (Å²) in [7, 11) is 1.48. The number of carbonyl (C=O) groups is 2. The first kappa shape index (κ1) is 24.7. The Balaban J connectivity index is 1.65. The van der Waals surface area contributed by atoms with Crippen LogP contribution < -0.4 is 20.2 Å². The minimum Gasteiger partial charge on any atom is -0.493 e. The molecule has 7 nitrogen and oxygen atoms in total. The molecule has 34 heavy (non-hydrogen) atoms. The van der Waals surface area contributed by atoms with E-state index in [2.05, 4.69) is 15.8 Å². The van der Waals surface area contributed by atoms with E-state index < -0.39 is 11.8 Å². The summed E-state index contributed by atoms with van der Waals surface area (Å²) in [5.41, 5.74) is 4.79. The van der Waals surface area contributed by atoms with Crippen LogP contribution in [0.3, 0.4) is 0 Å². The van der Waals surface area contributed by atoms with Crippen LogP contribution in [0.15, 0.2) is 65.8 Å². The molecule has 0 bridgehead atoms. The maximum absolute atomic E-state index is 13.8. The van der Waals surface area contributed by atoms with Crippen molar-refractivity contribution in [3.05, 3.63) is 88.2 Å². The van der Waals surface area contributed by atoms with Gasteiger partial charge in [-0.3, -0.25) is 9.59 Å². The highest BCUT2D eigenvalue weighted by molar-refractivity contribution is 6.40. The van der Waals surface area contributed by atoms with Gasteiger partial charge in [0.1, 0.15) is 12.4 Å². The van der Waals surface area contributed by atoms with E-state index in [9.17, 15) is 14.0 Å². The van der Waals surface area contributed by atoms with Gasteiger partial charge in [-0.15, -0.1) is 0 Å². The van der Waals surface area contributed by atoms with Crippen molar-refractivity contribution in [3.8, 4) is 11.5 Å². The molecular formula is C25H23ClFN3O4. The van der Waals surface area contributed by atoms with Gasteiger partial charge >= 0.3 is 11.8 Å². The maximum Gasteiger partial charge on any atom is 0.329 e. The summed E-state index contributed by atoms with van der Waals surface area (Å²) in [5, 5.41) is 6.97. The van der Waals surface area contributed by atoms with Crippen LogP contribution in [0.25, 0.3) is 0 Å². The number of rotatable bonds is 7. The molecule has 3 aromatic rings. The van der Waals surface area contributed by atoms with Crippen LogP contribution in [-0.2, 0) is 16.2 Å². The second kappa shape index (κ2) is 11.3. The molecule has 176 valence electrons. The van der Waals surface area contributed by atoms with Crippen molar-refractivity contribution < 1.29 is 23.5 Å². The van der Waals surface area contributed by atoms with Crippen molar-refractivity contribution in [1.82, 2.24) is 5.43 Å². The predicted octanol–water partition coefficient (Wildman–Crippen LogP) is 4.85. The molecule has 0 fully saturated rings. The highest BCUT2D eigenvalue weighted by atomic mass is 35.5. The van der Waals surface area contributed by atoms with E-state index in [4.69, 9.17) is 21.1 Å². The van der Waals surface area contributed by atoms with Crippen molar-refractivity contribution in [3.63, 3.8) is 0 Å². The van der Waals surface area contributed by atoms with Gasteiger partial charge in [0, 0.05) is 21.8 Å². The summed E-state index contributed by atoms with van der Waals surface area (Å²) in [6, 6.07) is 16.4. The summed E-state index contributed by atoms with van der Waals surface area (Å²) < 4.78 is 24.9. The molecule has 0 atom stereocenters. The van der Waals surface area contributed by atoms with Crippen molar-refractivity contribution in [2.24, 2.45) is 5.10 Å². The van der Waals surface area contributed by atoms with Gasteiger partial charge in [-0.05, 0) is 55.8 Å². The number of halogens is 2. The number of hydrazone groups is 1. The molecule has 0 aliphatic rings. The number of methoxy groups -OCH3 is 1. The Bertz CT molecular complexity index is 1250. The van der Waals surface area contributed by atoms with E-state index in [-0.39, 0.29) is 12.4 Å². The lowest BCUT2D eigenvalue weighted by Gasteiger charge is -2.13. The second-order valence-electron chi connectivity index (χ2n) is 7.25. The van der Waals surface area contributed by atoms with Crippen LogP contribution in [0.4, 0.5) is 10.1 Å². The average Bonchev–Trinajstić information content (AvgIpc) is 2.84. The number of nitrogens with one attached hydrogen (secondary N) is 2. The summed E-state index contributed by atoms with van der Waals surface area (Å²) in [5.74, 6) is -1.34. The SMILES string of the molecule is COc1cc(/C(C)=N/NC(=O)C(=O)Nc2cccc(Cl)c2C)ccc1OCc1ccccc1F. The molecule has 0 aliphatic heterocycles. The van der Waals surface area contributed by atoms with Crippen LogP contribution in [0.2, 0.25) is 5.02 Å². The molecule has 2 amide bonds. The fourth-order valence-electron chi connectivity index (χ4n) is 2.95. The lowest BCUT2D eigenvalue weighted by molar-refractivity contribution is -0.136. The number of hydrogen-bond donors (Lipinski definition) is 2. The number of anilines is 1. The standard InChI is InChI=1S/C25H23ClFN3O4/c1-15-19(26)8-6-10-21(15)28-24(31)25(32)30-29-16(2)17-11-12-22(23(13-17)33-3)34-14-18-7-4-5-9-20(18)27/h4-13H,14H2,1-3H3,(H,28,31)(H,30,32)/b29-16+. The summed E-state index contributed by atoms with van der Waals surface area (Å²) >= 11 is 6.03. The van der Waals surface area contributed by atoms with E-state index in [1.54, 1.807) is 68.4 Å². The first-order valence-corrected chi connectivity index (χ1v) is 10.6. The normalized spacial score (nSPS) is 11.0. The van der Waals surface area contributed by atoms with Crippen molar-refractivity contribution in [2.45, 2.75) is 20.5 Å². The molecule has 0 aromatic heterocycles. The first-order valence-electron chi connectivity index (χ1n) is 10.3. The van der Waals surface area contributed by atoms with E-state index in [1.807, 2.05) is 0 Å². The molecule has 9 heteroatoms. The van der Waals surface area contributed by atoms with Crippen LogP contribution in [0, 0.1) is 12.7 Å². The van der Waals surface area contributed by atoms with Crippen LogP contribution in [0.1, 0.15) is 23.6 Å². The van der Waals surface area contributed by atoms with Crippen molar-refractivity contribution >= 4 is 34.8 Å². The largest absolute Gasteiger partial charge is 0.493 e. The number of nitrogens with zero attached hydrogens (tertiary/aromatic N) is 1. The fourth-order valence-corrected chi connectivity index (χ4v) is 3.13. The molecular weight excluding hydrogens is 461 g/mol. The topological polar surface area (TPSA) is 89.0 Å². The quantitative estimate of drug-likeness (QED) is 0.285. The van der Waals surface area contributed by atoms with E-state index in [1.165, 1.54) is 13.2 Å². The lowest BCUT2D eigenvalue weighted by Crippen LogP contribution is -2.33. The molecule has 2 N–H and O–H groups in total. The number of amides is 2. The van der Waals surface area contributed by atoms with Gasteiger partial charge in [0.2, 0.25) is 0 Å². The molecule has 0 saturated heterocycles. The van der Waals surface area contributed by atoms with Gasteiger partial charge in [-0.2, -0.15) is 5.10 Å². The Morgan fingerprint density at radius 2 is 1.79 bits per heavy atom. The molecule has 0 aliphatic carbocycles. The summed E-state index contributed by atoms with van der Waals surface area (Å²) in [6.07, 6.45) is 0. The Hall–Kier alpha value is -3.91. The van der Waals surface area contributed by atoms with E-state index >= 15 is 0 Å². The van der Waals surface area contributed by atoms with Gasteiger partial charge < -0.3 is 14.8 Å². The van der Waals surface area contributed by atoms with Crippen LogP contribution >= 0.6 is 11.6 Å². The zero-order chi connectivity index (χ0) is 24.7. The molecule has 0 saturated carbocycles. The Morgan fingerprint density at radius 1 is 1.03 bits per heavy atom. The molecule has 3 rings (SSSR count). The van der Waals surface area contributed by atoms with Gasteiger partial charge in [0.15, 0.2) is 11.5 Å². The third-order valence-corrected chi connectivity index (χ3v) is 5.38. The second-order valence-corrected chi connectivity index (χ2v) is 7.66. The average molecular weight is 484 g/mol. The number of benzene rings is 3. The van der Waals surface area contributed by atoms with Crippen LogP contribution in [0.5, 0.6) is 11.5 Å². The third kappa shape index (κ3) is 6.11. The Labute approximate surface area is 201 Å². The molecule has 0 heterocycles. The zero-order valence-electron chi connectivity index (χ0n) is 18.8. The summed E-state index contributed by atoms with van der Waals surface area (Å²) in [6.45, 7) is 3.43. The zero-order valence-corrected chi connectivity index (χ0v) is 19.6. The lowest BCUT2D eigenvalue weighted by atomic mass is 10.1. The first-order chi connectivity index (χ1) is 16.3. The fraction of sp³-hybridized carbons (Fsp3) is 0.160. The van der Waals surface area contributed by atoms with E-state index in [0.717, 1.165) is 0 Å². The van der Waals surface area contributed by atoms with Gasteiger partial charge in [-0.25, -0.2) is 9.82 Å². The highest BCUT2D eigenvalue weighted by Gasteiger charge is 2.15. The number of carbonyl (C=O) groups excluding carboxylic acids is 2. The Morgan fingerprint density at radius 3 is 2.53 bits per heavy atom. The van der Waals surface area contributed by atoms with Crippen molar-refractivity contribution in [1.29, 1.82) is 0 Å². The molecule has 3 aromatic carbocycles. The van der Waals surface area contributed by atoms with Crippen LogP contribution in [-0.4, -0.2) is 24.6 Å². The Kier molecular flexibility index (Phi) is 8.21. The number of hydrogen-bond acceptors (Lipinski definition) is 5. The molecule has 0 spiro atoms. The van der Waals surface area contributed by atoms with Crippen molar-refractivity contribution in [2.75, 3.05) is 12.4 Å². The predicted molar refractivity (Wildman–Crippen MR) is 129 cm³/mol. The summed E-state index contributed by atoms with van der Waals surface area (Å²) in [4.78, 5) is 24.3. The maximum atomic E-state index is 13.8. The van der Waals surface area contributed by atoms with Gasteiger partial charge in [-0.1, -0.05) is 35.9 Å². The smallest absolute Gasteiger partial charge is 0.329 e. The number of ether oxygens (including phenoxy) is 2. The third-order valence-electron chi connectivity index (χ3n) is 4.97. The minimum absolute atomic E-state index is 0.0344. The van der Waals surface area contributed by atoms with E-state index in [0.29, 0.717) is 44.6 Å². The van der Waals surface area contributed by atoms with Gasteiger partial charge in [0.05, 0.1) is 12.8 Å². The monoisotopic (exact) mass is 483 g/mol. The minimum atomic E-state index is -0.935. The highest BCUT2D eigenvalue weighted by Crippen LogP contribution is 2.29. The molecule has 0 radical (unpaired) electrons. The van der Waals surface area contributed by atoms with Gasteiger partial charge in [0.25, 0.3) is 0 Å².